The number of para-hydroxylation sites is 1. The predicted molar refractivity (Wildman–Crippen MR) is 124 cm³/mol. The summed E-state index contributed by atoms with van der Waals surface area (Å²) in [6.07, 6.45) is 5.65. The maximum Gasteiger partial charge on any atom is 0.0457 e. The fourth-order valence-corrected chi connectivity index (χ4v) is 3.08. The Kier molecular flexibility index (Phi) is 6.08. The van der Waals surface area contributed by atoms with Gasteiger partial charge in [0.05, 0.1) is 0 Å². The number of aryl methyl sites for hydroxylation is 1. The lowest BCUT2D eigenvalue weighted by atomic mass is 9.98. The van der Waals surface area contributed by atoms with E-state index in [2.05, 4.69) is 80.5 Å². The Labute approximate surface area is 168 Å². The van der Waals surface area contributed by atoms with Crippen molar-refractivity contribution in [3.05, 3.63) is 127 Å². The molecule has 3 rings (SSSR count). The van der Waals surface area contributed by atoms with Crippen LogP contribution in [0.2, 0.25) is 0 Å². The molecule has 0 spiro atoms. The van der Waals surface area contributed by atoms with Crippen LogP contribution in [0.4, 0.5) is 5.69 Å². The topological polar surface area (TPSA) is 12.0 Å². The van der Waals surface area contributed by atoms with Crippen molar-refractivity contribution in [3.8, 4) is 11.1 Å². The van der Waals surface area contributed by atoms with Crippen LogP contribution in [0.5, 0.6) is 0 Å². The first-order chi connectivity index (χ1) is 13.6. The summed E-state index contributed by atoms with van der Waals surface area (Å²) < 4.78 is 0. The highest BCUT2D eigenvalue weighted by atomic mass is 14.9. The first kappa shape index (κ1) is 19.2. The first-order valence-corrected chi connectivity index (χ1v) is 9.29. The van der Waals surface area contributed by atoms with Gasteiger partial charge in [-0.1, -0.05) is 92.0 Å². The maximum absolute atomic E-state index is 4.26. The van der Waals surface area contributed by atoms with Gasteiger partial charge in [0.2, 0.25) is 0 Å². The quantitative estimate of drug-likeness (QED) is 0.428. The monoisotopic (exact) mass is 363 g/mol. The molecule has 3 aromatic carbocycles. The molecular formula is C27H25N. The van der Waals surface area contributed by atoms with E-state index in [1.54, 1.807) is 6.08 Å². The van der Waals surface area contributed by atoms with Crippen molar-refractivity contribution in [1.29, 1.82) is 0 Å². The van der Waals surface area contributed by atoms with Crippen molar-refractivity contribution >= 4 is 17.3 Å². The van der Waals surface area contributed by atoms with Crippen molar-refractivity contribution in [3.63, 3.8) is 0 Å². The highest BCUT2D eigenvalue weighted by Crippen LogP contribution is 2.26. The molecule has 0 bridgehead atoms. The van der Waals surface area contributed by atoms with Crippen LogP contribution in [-0.4, -0.2) is 0 Å². The van der Waals surface area contributed by atoms with Crippen molar-refractivity contribution in [2.75, 3.05) is 5.32 Å². The highest BCUT2D eigenvalue weighted by molar-refractivity contribution is 5.78. The van der Waals surface area contributed by atoms with Crippen molar-refractivity contribution in [2.24, 2.45) is 0 Å². The zero-order valence-corrected chi connectivity index (χ0v) is 16.3. The number of allylic oxidation sites excluding steroid dienone is 3. The van der Waals surface area contributed by atoms with Gasteiger partial charge in [0, 0.05) is 11.4 Å². The van der Waals surface area contributed by atoms with Crippen LogP contribution in [-0.2, 0) is 0 Å². The fourth-order valence-electron chi connectivity index (χ4n) is 3.08. The Morgan fingerprint density at radius 2 is 1.57 bits per heavy atom. The van der Waals surface area contributed by atoms with Crippen LogP contribution in [0, 0.1) is 6.92 Å². The zero-order valence-electron chi connectivity index (χ0n) is 16.3. The van der Waals surface area contributed by atoms with Crippen molar-refractivity contribution in [1.82, 2.24) is 0 Å². The molecule has 3 aromatic rings. The second-order valence-corrected chi connectivity index (χ2v) is 6.70. The van der Waals surface area contributed by atoms with Gasteiger partial charge in [-0.05, 0) is 59.0 Å². The third-order valence-electron chi connectivity index (χ3n) is 4.59. The SMILES string of the molecule is C=C/C(=C\C(=C)c1cccc(-c2cccc(C)c2)c1)Nc1ccccc1C=C. The van der Waals surface area contributed by atoms with E-state index in [0.29, 0.717) is 0 Å². The number of rotatable bonds is 7. The highest BCUT2D eigenvalue weighted by Gasteiger charge is 2.04. The molecular weight excluding hydrogens is 338 g/mol. The van der Waals surface area contributed by atoms with Gasteiger partial charge in [-0.15, -0.1) is 0 Å². The van der Waals surface area contributed by atoms with E-state index in [1.807, 2.05) is 36.4 Å². The molecule has 0 unspecified atom stereocenters. The maximum atomic E-state index is 4.26. The predicted octanol–water partition coefficient (Wildman–Crippen LogP) is 7.50. The number of anilines is 1. The lowest BCUT2D eigenvalue weighted by Crippen LogP contribution is -1.99. The Bertz CT molecular complexity index is 1050. The molecule has 0 amide bonds. The number of hydrogen-bond acceptors (Lipinski definition) is 1. The van der Waals surface area contributed by atoms with Gasteiger partial charge < -0.3 is 5.32 Å². The molecule has 0 fully saturated rings. The van der Waals surface area contributed by atoms with E-state index in [9.17, 15) is 0 Å². The number of nitrogens with one attached hydrogen (secondary N) is 1. The molecule has 0 saturated heterocycles. The summed E-state index contributed by atoms with van der Waals surface area (Å²) in [5.74, 6) is 0. The van der Waals surface area contributed by atoms with Gasteiger partial charge in [0.1, 0.15) is 0 Å². The van der Waals surface area contributed by atoms with E-state index < -0.39 is 0 Å². The second-order valence-electron chi connectivity index (χ2n) is 6.70. The van der Waals surface area contributed by atoms with Crippen molar-refractivity contribution in [2.45, 2.75) is 6.92 Å². The largest absolute Gasteiger partial charge is 0.355 e. The molecule has 0 aromatic heterocycles. The van der Waals surface area contributed by atoms with Crippen LogP contribution in [0.3, 0.4) is 0 Å². The average Bonchev–Trinajstić information content (AvgIpc) is 2.73. The molecule has 1 N–H and O–H groups in total. The van der Waals surface area contributed by atoms with Crippen molar-refractivity contribution < 1.29 is 0 Å². The van der Waals surface area contributed by atoms with Crippen LogP contribution in [0.25, 0.3) is 22.8 Å². The normalized spacial score (nSPS) is 11.0. The Balaban J connectivity index is 1.87. The summed E-state index contributed by atoms with van der Waals surface area (Å²) >= 11 is 0. The van der Waals surface area contributed by atoms with E-state index >= 15 is 0 Å². The van der Waals surface area contributed by atoms with Crippen LogP contribution in [0.1, 0.15) is 16.7 Å². The molecule has 0 atom stereocenters. The molecule has 28 heavy (non-hydrogen) atoms. The van der Waals surface area contributed by atoms with E-state index in [0.717, 1.165) is 28.1 Å². The molecule has 0 radical (unpaired) electrons. The van der Waals surface area contributed by atoms with E-state index in [4.69, 9.17) is 0 Å². The summed E-state index contributed by atoms with van der Waals surface area (Å²) in [4.78, 5) is 0. The fraction of sp³-hybridized carbons (Fsp3) is 0.0370. The summed E-state index contributed by atoms with van der Waals surface area (Å²) in [7, 11) is 0. The van der Waals surface area contributed by atoms with E-state index in [-0.39, 0.29) is 0 Å². The van der Waals surface area contributed by atoms with Gasteiger partial charge in [0.25, 0.3) is 0 Å². The van der Waals surface area contributed by atoms with Crippen LogP contribution in [0.15, 0.2) is 110 Å². The van der Waals surface area contributed by atoms with Gasteiger partial charge in [0.15, 0.2) is 0 Å². The van der Waals surface area contributed by atoms with Gasteiger partial charge >= 0.3 is 0 Å². The Morgan fingerprint density at radius 1 is 0.857 bits per heavy atom. The smallest absolute Gasteiger partial charge is 0.0457 e. The molecule has 0 aliphatic heterocycles. The summed E-state index contributed by atoms with van der Waals surface area (Å²) in [5, 5.41) is 3.41. The van der Waals surface area contributed by atoms with Gasteiger partial charge in [-0.2, -0.15) is 0 Å². The van der Waals surface area contributed by atoms with Crippen LogP contribution < -0.4 is 5.32 Å². The lowest BCUT2D eigenvalue weighted by molar-refractivity contribution is 1.46. The summed E-state index contributed by atoms with van der Waals surface area (Å²) in [6, 6.07) is 25.0. The molecule has 0 heterocycles. The van der Waals surface area contributed by atoms with Crippen LogP contribution >= 0.6 is 0 Å². The van der Waals surface area contributed by atoms with Gasteiger partial charge in [-0.3, -0.25) is 0 Å². The molecule has 1 nitrogen and oxygen atoms in total. The third-order valence-corrected chi connectivity index (χ3v) is 4.59. The first-order valence-electron chi connectivity index (χ1n) is 9.29. The summed E-state index contributed by atoms with van der Waals surface area (Å²) in [5.41, 5.74) is 8.57. The van der Waals surface area contributed by atoms with E-state index in [1.165, 1.54) is 16.7 Å². The summed E-state index contributed by atoms with van der Waals surface area (Å²) in [6.45, 7) is 14.2. The zero-order chi connectivity index (χ0) is 19.9. The molecule has 0 saturated carbocycles. The molecule has 1 heteroatoms. The average molecular weight is 364 g/mol. The van der Waals surface area contributed by atoms with Gasteiger partial charge in [-0.25, -0.2) is 0 Å². The minimum Gasteiger partial charge on any atom is -0.355 e. The molecule has 0 aliphatic carbocycles. The standard InChI is InChI=1S/C27H25N/c1-5-22-12-7-8-16-27(22)28-26(6-2)18-21(4)23-13-10-15-25(19-23)24-14-9-11-20(3)17-24/h5-19,28H,1-2,4H2,3H3/b26-18+. The molecule has 0 aliphatic rings. The Morgan fingerprint density at radius 3 is 2.29 bits per heavy atom. The molecule has 138 valence electrons. The third kappa shape index (κ3) is 4.57. The second kappa shape index (κ2) is 8.88. The number of benzene rings is 3. The Hall–Kier alpha value is -3.58. The minimum absolute atomic E-state index is 0.889. The number of hydrogen-bond donors (Lipinski definition) is 1. The lowest BCUT2D eigenvalue weighted by Gasteiger charge is -2.12. The minimum atomic E-state index is 0.889.